The van der Waals surface area contributed by atoms with E-state index in [4.69, 9.17) is 9.47 Å². The average molecular weight is 303 g/mol. The van der Waals surface area contributed by atoms with Gasteiger partial charge in [-0.2, -0.15) is 5.10 Å². The van der Waals surface area contributed by atoms with Gasteiger partial charge in [-0.15, -0.1) is 0 Å². The van der Waals surface area contributed by atoms with Crippen molar-refractivity contribution in [3.05, 3.63) is 16.4 Å². The monoisotopic (exact) mass is 302 g/mol. The highest BCUT2D eigenvalue weighted by Crippen LogP contribution is 2.39. The summed E-state index contributed by atoms with van der Waals surface area (Å²) < 4.78 is 13.7. The molecule has 0 radical (unpaired) electrons. The van der Waals surface area contributed by atoms with E-state index in [1.54, 1.807) is 7.11 Å². The minimum atomic E-state index is 0.118. The number of ether oxygens (including phenoxy) is 2. The topological polar surface area (TPSA) is 36.3 Å². The maximum atomic E-state index is 5.86. The molecule has 1 aromatic heterocycles. The summed E-state index contributed by atoms with van der Waals surface area (Å²) >= 11 is 3.41. The molecule has 0 aliphatic carbocycles. The summed E-state index contributed by atoms with van der Waals surface area (Å²) in [5, 5.41) is 4.35. The number of halogens is 1. The third kappa shape index (κ3) is 3.09. The van der Waals surface area contributed by atoms with Gasteiger partial charge in [0.25, 0.3) is 0 Å². The molecule has 1 fully saturated rings. The van der Waals surface area contributed by atoms with Gasteiger partial charge < -0.3 is 9.47 Å². The largest absolute Gasteiger partial charge is 0.372 e. The first-order chi connectivity index (χ1) is 8.02. The second-order valence-electron chi connectivity index (χ2n) is 5.29. The van der Waals surface area contributed by atoms with Gasteiger partial charge in [-0.25, -0.2) is 4.68 Å². The van der Waals surface area contributed by atoms with Crippen LogP contribution in [0.2, 0.25) is 0 Å². The molecule has 0 bridgehead atoms. The molecular weight excluding hydrogens is 284 g/mol. The lowest BCUT2D eigenvalue weighted by atomic mass is 9.81. The third-order valence-corrected chi connectivity index (χ3v) is 3.59. The molecule has 0 aromatic carbocycles. The lowest BCUT2D eigenvalue weighted by molar-refractivity contribution is -0.0444. The van der Waals surface area contributed by atoms with Gasteiger partial charge in [-0.3, -0.25) is 0 Å². The molecule has 2 heterocycles. The van der Waals surface area contributed by atoms with Crippen LogP contribution in [-0.2, 0) is 16.2 Å². The summed E-state index contributed by atoms with van der Waals surface area (Å²) in [5.41, 5.74) is 1.42. The molecule has 1 aromatic rings. The molecule has 4 nitrogen and oxygen atoms in total. The standard InChI is InChI=1S/C12H19BrN2O2/c1-12(2)4-5-17-10(7-12)9-6-11(13)14-15(9)8-16-3/h6,10H,4-5,7-8H2,1-3H3. The van der Waals surface area contributed by atoms with Crippen molar-refractivity contribution in [1.82, 2.24) is 9.78 Å². The van der Waals surface area contributed by atoms with Gasteiger partial charge in [0.2, 0.25) is 0 Å². The summed E-state index contributed by atoms with van der Waals surface area (Å²) in [7, 11) is 1.67. The molecule has 96 valence electrons. The summed E-state index contributed by atoms with van der Waals surface area (Å²) in [6.45, 7) is 5.85. The highest BCUT2D eigenvalue weighted by Gasteiger charge is 2.31. The van der Waals surface area contributed by atoms with E-state index < -0.39 is 0 Å². The number of methoxy groups -OCH3 is 1. The van der Waals surface area contributed by atoms with Crippen molar-refractivity contribution in [2.24, 2.45) is 5.41 Å². The van der Waals surface area contributed by atoms with Crippen molar-refractivity contribution < 1.29 is 9.47 Å². The van der Waals surface area contributed by atoms with Crippen molar-refractivity contribution in [1.29, 1.82) is 0 Å². The maximum absolute atomic E-state index is 5.86. The average Bonchev–Trinajstić information content (AvgIpc) is 2.59. The van der Waals surface area contributed by atoms with Crippen molar-refractivity contribution in [2.45, 2.75) is 39.5 Å². The summed E-state index contributed by atoms with van der Waals surface area (Å²) in [4.78, 5) is 0. The minimum absolute atomic E-state index is 0.118. The molecule has 5 heteroatoms. The van der Waals surface area contributed by atoms with Gasteiger partial charge in [0.05, 0.1) is 11.8 Å². The number of rotatable bonds is 3. The Kier molecular flexibility index (Phi) is 3.90. The van der Waals surface area contributed by atoms with E-state index in [2.05, 4.69) is 34.9 Å². The first kappa shape index (κ1) is 13.1. The van der Waals surface area contributed by atoms with Crippen LogP contribution < -0.4 is 0 Å². The van der Waals surface area contributed by atoms with E-state index in [1.807, 2.05) is 10.7 Å². The zero-order valence-electron chi connectivity index (χ0n) is 10.6. The van der Waals surface area contributed by atoms with Crippen molar-refractivity contribution in [3.63, 3.8) is 0 Å². The van der Waals surface area contributed by atoms with Gasteiger partial charge in [-0.1, -0.05) is 13.8 Å². The zero-order chi connectivity index (χ0) is 12.5. The summed E-state index contributed by atoms with van der Waals surface area (Å²) in [6.07, 6.45) is 2.26. The zero-order valence-corrected chi connectivity index (χ0v) is 12.2. The fourth-order valence-corrected chi connectivity index (χ4v) is 2.64. The van der Waals surface area contributed by atoms with Gasteiger partial charge in [0, 0.05) is 13.7 Å². The molecule has 0 spiro atoms. The van der Waals surface area contributed by atoms with Crippen LogP contribution in [0.25, 0.3) is 0 Å². The van der Waals surface area contributed by atoms with E-state index >= 15 is 0 Å². The number of hydrogen-bond acceptors (Lipinski definition) is 3. The fourth-order valence-electron chi connectivity index (χ4n) is 2.21. The molecule has 1 aliphatic heterocycles. The predicted molar refractivity (Wildman–Crippen MR) is 68.6 cm³/mol. The fraction of sp³-hybridized carbons (Fsp3) is 0.750. The predicted octanol–water partition coefficient (Wildman–Crippen LogP) is 3.13. The first-order valence-corrected chi connectivity index (χ1v) is 6.65. The van der Waals surface area contributed by atoms with Crippen LogP contribution in [0.4, 0.5) is 0 Å². The Morgan fingerprint density at radius 3 is 3.06 bits per heavy atom. The van der Waals surface area contributed by atoms with Crippen molar-refractivity contribution in [3.8, 4) is 0 Å². The molecular formula is C12H19BrN2O2. The van der Waals surface area contributed by atoms with Gasteiger partial charge in [0.15, 0.2) is 0 Å². The van der Waals surface area contributed by atoms with Crippen molar-refractivity contribution in [2.75, 3.05) is 13.7 Å². The van der Waals surface area contributed by atoms with E-state index in [1.165, 1.54) is 0 Å². The highest BCUT2D eigenvalue weighted by molar-refractivity contribution is 9.10. The Hall–Kier alpha value is -0.390. The van der Waals surface area contributed by atoms with Crippen LogP contribution >= 0.6 is 15.9 Å². The van der Waals surface area contributed by atoms with Gasteiger partial charge in [0.1, 0.15) is 11.3 Å². The lowest BCUT2D eigenvalue weighted by Crippen LogP contribution is -2.27. The van der Waals surface area contributed by atoms with Crippen LogP contribution in [0.3, 0.4) is 0 Å². The molecule has 0 saturated carbocycles. The maximum Gasteiger partial charge on any atom is 0.139 e. The first-order valence-electron chi connectivity index (χ1n) is 5.86. The van der Waals surface area contributed by atoms with E-state index in [9.17, 15) is 0 Å². The summed E-state index contributed by atoms with van der Waals surface area (Å²) in [6, 6.07) is 2.02. The second-order valence-corrected chi connectivity index (χ2v) is 6.10. The Labute approximate surface area is 110 Å². The number of nitrogens with zero attached hydrogens (tertiary/aromatic N) is 2. The molecule has 1 atom stereocenters. The Morgan fingerprint density at radius 1 is 1.65 bits per heavy atom. The highest BCUT2D eigenvalue weighted by atomic mass is 79.9. The van der Waals surface area contributed by atoms with Crippen LogP contribution in [0, 0.1) is 5.41 Å². The molecule has 0 amide bonds. The number of aromatic nitrogens is 2. The van der Waals surface area contributed by atoms with E-state index in [0.29, 0.717) is 12.1 Å². The van der Waals surface area contributed by atoms with Crippen LogP contribution in [-0.4, -0.2) is 23.5 Å². The molecule has 0 N–H and O–H groups in total. The third-order valence-electron chi connectivity index (χ3n) is 3.20. The van der Waals surface area contributed by atoms with Crippen LogP contribution in [0.1, 0.15) is 38.5 Å². The van der Waals surface area contributed by atoms with Crippen molar-refractivity contribution >= 4 is 15.9 Å². The van der Waals surface area contributed by atoms with Gasteiger partial charge in [-0.05, 0) is 40.3 Å². The SMILES string of the molecule is COCn1nc(Br)cc1C1CC(C)(C)CCO1. The molecule has 1 saturated heterocycles. The second kappa shape index (κ2) is 5.08. The molecule has 17 heavy (non-hydrogen) atoms. The smallest absolute Gasteiger partial charge is 0.139 e. The Bertz CT molecular complexity index is 390. The molecule has 2 rings (SSSR count). The molecule has 1 unspecified atom stereocenters. The summed E-state index contributed by atoms with van der Waals surface area (Å²) in [5.74, 6) is 0. The van der Waals surface area contributed by atoms with E-state index in [0.717, 1.165) is 29.7 Å². The Morgan fingerprint density at radius 2 is 2.41 bits per heavy atom. The number of hydrogen-bond donors (Lipinski definition) is 0. The normalized spacial score (nSPS) is 23.9. The van der Waals surface area contributed by atoms with Crippen LogP contribution in [0.5, 0.6) is 0 Å². The van der Waals surface area contributed by atoms with Crippen LogP contribution in [0.15, 0.2) is 10.7 Å². The van der Waals surface area contributed by atoms with E-state index in [-0.39, 0.29) is 6.10 Å². The molecule has 1 aliphatic rings. The van der Waals surface area contributed by atoms with Gasteiger partial charge >= 0.3 is 0 Å². The quantitative estimate of drug-likeness (QED) is 0.861. The lowest BCUT2D eigenvalue weighted by Gasteiger charge is -2.35. The Balaban J connectivity index is 2.20. The minimum Gasteiger partial charge on any atom is -0.372 e.